The molecule has 0 aliphatic rings. The van der Waals surface area contributed by atoms with Crippen LogP contribution in [0.3, 0.4) is 0 Å². The van der Waals surface area contributed by atoms with E-state index in [0.29, 0.717) is 0 Å². The van der Waals surface area contributed by atoms with E-state index in [2.05, 4.69) is 5.32 Å². The van der Waals surface area contributed by atoms with E-state index in [1.165, 1.54) is 0 Å². The van der Waals surface area contributed by atoms with Crippen LogP contribution in [0.1, 0.15) is 11.3 Å². The Morgan fingerprint density at radius 2 is 2.00 bits per heavy atom. The molecule has 3 heteroatoms. The number of halogens is 1. The van der Waals surface area contributed by atoms with Gasteiger partial charge in [0, 0.05) is 24.5 Å². The quantitative estimate of drug-likeness (QED) is 0.805. The van der Waals surface area contributed by atoms with Crippen molar-refractivity contribution in [1.29, 1.82) is 0 Å². The molecule has 0 spiro atoms. The van der Waals surface area contributed by atoms with E-state index in [1.807, 2.05) is 36.4 Å². The number of benzene rings is 1. The third-order valence-electron chi connectivity index (χ3n) is 2.40. The van der Waals surface area contributed by atoms with Gasteiger partial charge < -0.3 is 9.73 Å². The largest absolute Gasteiger partial charge is 0.469 e. The Morgan fingerprint density at radius 1 is 1.12 bits per heavy atom. The molecule has 2 nitrogen and oxygen atoms in total. The minimum absolute atomic E-state index is 0.792. The molecule has 0 aliphatic carbocycles. The second-order valence-electron chi connectivity index (χ2n) is 3.60. The molecule has 2 aromatic rings. The Hall–Kier alpha value is -1.25. The van der Waals surface area contributed by atoms with Crippen molar-refractivity contribution in [3.05, 3.63) is 59.0 Å². The highest BCUT2D eigenvalue weighted by atomic mass is 35.5. The van der Waals surface area contributed by atoms with Crippen molar-refractivity contribution in [3.8, 4) is 0 Å². The van der Waals surface area contributed by atoms with Gasteiger partial charge in [-0.25, -0.2) is 0 Å². The number of hydrogen-bond donors (Lipinski definition) is 1. The smallest absolute Gasteiger partial charge is 0.105 e. The summed E-state index contributed by atoms with van der Waals surface area (Å²) in [5, 5.41) is 4.15. The number of furan rings is 1. The van der Waals surface area contributed by atoms with Crippen LogP contribution in [0.15, 0.2) is 47.1 Å². The van der Waals surface area contributed by atoms with Crippen LogP contribution in [0.4, 0.5) is 0 Å². The molecular weight excluding hydrogens is 222 g/mol. The molecule has 1 aromatic heterocycles. The van der Waals surface area contributed by atoms with Crippen molar-refractivity contribution in [2.45, 2.75) is 13.0 Å². The van der Waals surface area contributed by atoms with Gasteiger partial charge in [0.2, 0.25) is 0 Å². The summed E-state index contributed by atoms with van der Waals surface area (Å²) in [6.07, 6.45) is 2.60. The first kappa shape index (κ1) is 11.2. The molecule has 84 valence electrons. The molecule has 1 N–H and O–H groups in total. The van der Waals surface area contributed by atoms with Crippen LogP contribution in [0.25, 0.3) is 0 Å². The van der Waals surface area contributed by atoms with Gasteiger partial charge in [-0.05, 0) is 23.8 Å². The third-order valence-corrected chi connectivity index (χ3v) is 2.77. The molecule has 0 unspecified atom stereocenters. The Kier molecular flexibility index (Phi) is 4.03. The summed E-state index contributed by atoms with van der Waals surface area (Å²) in [6, 6.07) is 11.8. The van der Waals surface area contributed by atoms with Crippen molar-refractivity contribution in [1.82, 2.24) is 5.32 Å². The van der Waals surface area contributed by atoms with Crippen LogP contribution in [-0.2, 0) is 13.0 Å². The van der Waals surface area contributed by atoms with Crippen LogP contribution in [-0.4, -0.2) is 6.54 Å². The van der Waals surface area contributed by atoms with Gasteiger partial charge in [-0.2, -0.15) is 0 Å². The Morgan fingerprint density at radius 3 is 2.75 bits per heavy atom. The van der Waals surface area contributed by atoms with E-state index < -0.39 is 0 Å². The summed E-state index contributed by atoms with van der Waals surface area (Å²) in [4.78, 5) is 0. The number of hydrogen-bond acceptors (Lipinski definition) is 2. The van der Waals surface area contributed by atoms with Gasteiger partial charge in [-0.15, -0.1) is 0 Å². The SMILES string of the molecule is Clc1ccccc1CNCCc1ccco1. The highest BCUT2D eigenvalue weighted by molar-refractivity contribution is 6.31. The average Bonchev–Trinajstić information content (AvgIpc) is 2.79. The molecule has 0 saturated heterocycles. The van der Waals surface area contributed by atoms with Crippen LogP contribution in [0.2, 0.25) is 5.02 Å². The fourth-order valence-electron chi connectivity index (χ4n) is 1.53. The van der Waals surface area contributed by atoms with Gasteiger partial charge in [-0.1, -0.05) is 29.8 Å². The topological polar surface area (TPSA) is 25.2 Å². The molecule has 0 aliphatic heterocycles. The zero-order chi connectivity index (χ0) is 11.2. The number of nitrogens with one attached hydrogen (secondary N) is 1. The number of rotatable bonds is 5. The lowest BCUT2D eigenvalue weighted by molar-refractivity contribution is 0.499. The van der Waals surface area contributed by atoms with E-state index in [9.17, 15) is 0 Å². The molecular formula is C13H14ClNO. The average molecular weight is 236 g/mol. The van der Waals surface area contributed by atoms with Crippen molar-refractivity contribution in [2.75, 3.05) is 6.54 Å². The molecule has 0 amide bonds. The van der Waals surface area contributed by atoms with Gasteiger partial charge in [-0.3, -0.25) is 0 Å². The van der Waals surface area contributed by atoms with Crippen LogP contribution in [0.5, 0.6) is 0 Å². The zero-order valence-corrected chi connectivity index (χ0v) is 9.70. The highest BCUT2D eigenvalue weighted by Crippen LogP contribution is 2.14. The minimum atomic E-state index is 0.792. The molecule has 16 heavy (non-hydrogen) atoms. The Balaban J connectivity index is 1.74. The predicted octanol–water partition coefficient (Wildman–Crippen LogP) is 3.27. The first-order chi connectivity index (χ1) is 7.86. The second kappa shape index (κ2) is 5.73. The van der Waals surface area contributed by atoms with Crippen LogP contribution in [0, 0.1) is 0 Å². The molecule has 0 radical (unpaired) electrons. The molecule has 0 fully saturated rings. The third kappa shape index (κ3) is 3.12. The van der Waals surface area contributed by atoms with Crippen molar-refractivity contribution < 1.29 is 4.42 Å². The highest BCUT2D eigenvalue weighted by Gasteiger charge is 1.98. The maximum absolute atomic E-state index is 6.04. The molecule has 1 aromatic carbocycles. The molecule has 1 heterocycles. The summed E-state index contributed by atoms with van der Waals surface area (Å²) in [5.41, 5.74) is 1.13. The first-order valence-electron chi connectivity index (χ1n) is 5.33. The zero-order valence-electron chi connectivity index (χ0n) is 8.95. The standard InChI is InChI=1S/C13H14ClNO/c14-13-6-2-1-4-11(13)10-15-8-7-12-5-3-9-16-12/h1-6,9,15H,7-8,10H2. The lowest BCUT2D eigenvalue weighted by Crippen LogP contribution is -2.16. The lowest BCUT2D eigenvalue weighted by Gasteiger charge is -2.05. The van der Waals surface area contributed by atoms with E-state index in [0.717, 1.165) is 35.9 Å². The van der Waals surface area contributed by atoms with E-state index in [-0.39, 0.29) is 0 Å². The fraction of sp³-hybridized carbons (Fsp3) is 0.231. The van der Waals surface area contributed by atoms with Gasteiger partial charge in [0.15, 0.2) is 0 Å². The maximum Gasteiger partial charge on any atom is 0.105 e. The van der Waals surface area contributed by atoms with Gasteiger partial charge in [0.25, 0.3) is 0 Å². The summed E-state index contributed by atoms with van der Waals surface area (Å²) in [7, 11) is 0. The van der Waals surface area contributed by atoms with Crippen LogP contribution >= 0.6 is 11.6 Å². The Labute approximate surface area is 100 Å². The van der Waals surface area contributed by atoms with Gasteiger partial charge in [0.05, 0.1) is 6.26 Å². The monoisotopic (exact) mass is 235 g/mol. The van der Waals surface area contributed by atoms with E-state index >= 15 is 0 Å². The van der Waals surface area contributed by atoms with Crippen molar-refractivity contribution in [2.24, 2.45) is 0 Å². The van der Waals surface area contributed by atoms with Crippen molar-refractivity contribution >= 4 is 11.6 Å². The normalized spacial score (nSPS) is 10.6. The molecule has 0 saturated carbocycles. The van der Waals surface area contributed by atoms with E-state index in [4.69, 9.17) is 16.0 Å². The first-order valence-corrected chi connectivity index (χ1v) is 5.70. The molecule has 0 bridgehead atoms. The fourth-order valence-corrected chi connectivity index (χ4v) is 1.73. The predicted molar refractivity (Wildman–Crippen MR) is 65.6 cm³/mol. The van der Waals surface area contributed by atoms with E-state index in [1.54, 1.807) is 6.26 Å². The van der Waals surface area contributed by atoms with Crippen molar-refractivity contribution in [3.63, 3.8) is 0 Å². The lowest BCUT2D eigenvalue weighted by atomic mass is 10.2. The molecule has 2 rings (SSSR count). The summed E-state index contributed by atoms with van der Waals surface area (Å²) < 4.78 is 5.24. The minimum Gasteiger partial charge on any atom is -0.469 e. The maximum atomic E-state index is 6.04. The summed E-state index contributed by atoms with van der Waals surface area (Å²) in [6.45, 7) is 1.68. The molecule has 0 atom stereocenters. The van der Waals surface area contributed by atoms with Crippen LogP contribution < -0.4 is 5.32 Å². The van der Waals surface area contributed by atoms with Gasteiger partial charge in [0.1, 0.15) is 5.76 Å². The van der Waals surface area contributed by atoms with Gasteiger partial charge >= 0.3 is 0 Å². The second-order valence-corrected chi connectivity index (χ2v) is 4.00. The summed E-state index contributed by atoms with van der Waals surface area (Å²) in [5.74, 6) is 1.01. The summed E-state index contributed by atoms with van der Waals surface area (Å²) >= 11 is 6.04. The Bertz CT molecular complexity index is 425.